The van der Waals surface area contributed by atoms with E-state index in [9.17, 15) is 4.79 Å². The molecule has 2 N–H and O–H groups in total. The molecule has 0 saturated carbocycles. The van der Waals surface area contributed by atoms with E-state index in [0.717, 1.165) is 5.56 Å². The highest BCUT2D eigenvalue weighted by atomic mass is 16.1. The van der Waals surface area contributed by atoms with Gasteiger partial charge in [-0.25, -0.2) is 0 Å². The maximum absolute atomic E-state index is 10.6. The first-order valence-corrected chi connectivity index (χ1v) is 5.63. The van der Waals surface area contributed by atoms with Crippen LogP contribution in [-0.2, 0) is 4.79 Å². The largest absolute Gasteiger partial charge is 0.355 e. The van der Waals surface area contributed by atoms with Crippen molar-refractivity contribution in [1.29, 1.82) is 5.26 Å². The van der Waals surface area contributed by atoms with E-state index in [1.165, 1.54) is 6.92 Å². The zero-order valence-electron chi connectivity index (χ0n) is 9.94. The molecule has 4 heteroatoms. The fourth-order valence-corrected chi connectivity index (χ4v) is 1.50. The maximum atomic E-state index is 10.6. The third-order valence-corrected chi connectivity index (χ3v) is 2.38. The second-order valence-corrected chi connectivity index (χ2v) is 3.78. The topological polar surface area (TPSA) is 64.9 Å². The smallest absolute Gasteiger partial charge is 0.216 e. The lowest BCUT2D eigenvalue weighted by Gasteiger charge is -2.10. The Labute approximate surface area is 102 Å². The van der Waals surface area contributed by atoms with Crippen molar-refractivity contribution < 1.29 is 4.79 Å². The van der Waals surface area contributed by atoms with Crippen molar-refractivity contribution >= 4 is 5.91 Å². The van der Waals surface area contributed by atoms with E-state index < -0.39 is 0 Å². The van der Waals surface area contributed by atoms with Gasteiger partial charge < -0.3 is 10.6 Å². The van der Waals surface area contributed by atoms with E-state index >= 15 is 0 Å². The molecular weight excluding hydrogens is 214 g/mol. The number of hydrogen-bond donors (Lipinski definition) is 2. The Morgan fingerprint density at radius 3 is 2.65 bits per heavy atom. The number of carbonyl (C=O) groups is 1. The third-order valence-electron chi connectivity index (χ3n) is 2.38. The summed E-state index contributed by atoms with van der Waals surface area (Å²) in [5, 5.41) is 14.9. The lowest BCUT2D eigenvalue weighted by molar-refractivity contribution is -0.118. The molecule has 0 bridgehead atoms. The number of amides is 1. The van der Waals surface area contributed by atoms with Crippen LogP contribution in [0, 0.1) is 11.3 Å². The quantitative estimate of drug-likeness (QED) is 0.718. The number of rotatable bonds is 6. The van der Waals surface area contributed by atoms with Crippen molar-refractivity contribution in [2.45, 2.75) is 12.8 Å². The first-order chi connectivity index (χ1) is 8.24. The van der Waals surface area contributed by atoms with Crippen LogP contribution in [0.3, 0.4) is 0 Å². The molecule has 0 aliphatic rings. The molecule has 17 heavy (non-hydrogen) atoms. The first kappa shape index (κ1) is 13.2. The average molecular weight is 231 g/mol. The van der Waals surface area contributed by atoms with E-state index in [4.69, 9.17) is 5.26 Å². The number of nitrogens with zero attached hydrogens (tertiary/aromatic N) is 1. The van der Waals surface area contributed by atoms with Gasteiger partial charge in [-0.1, -0.05) is 30.3 Å². The van der Waals surface area contributed by atoms with Gasteiger partial charge in [-0.2, -0.15) is 5.26 Å². The van der Waals surface area contributed by atoms with Crippen LogP contribution >= 0.6 is 0 Å². The summed E-state index contributed by atoms with van der Waals surface area (Å²) in [5.74, 6) is -0.180. The minimum absolute atomic E-state index is 0.0355. The van der Waals surface area contributed by atoms with Gasteiger partial charge in [0.1, 0.15) is 0 Å². The fraction of sp³-hybridized carbons (Fsp3) is 0.385. The molecule has 0 fully saturated rings. The molecule has 0 spiro atoms. The van der Waals surface area contributed by atoms with Gasteiger partial charge in [0.15, 0.2) is 0 Å². The Morgan fingerprint density at radius 2 is 2.06 bits per heavy atom. The SMILES string of the molecule is CC(=O)NCCNCC(C#N)c1ccccc1. The highest BCUT2D eigenvalue weighted by Crippen LogP contribution is 2.12. The predicted octanol–water partition coefficient (Wildman–Crippen LogP) is 1.02. The van der Waals surface area contributed by atoms with Crippen molar-refractivity contribution in [3.8, 4) is 6.07 Å². The Balaban J connectivity index is 2.30. The molecule has 0 saturated heterocycles. The highest BCUT2D eigenvalue weighted by Gasteiger charge is 2.08. The van der Waals surface area contributed by atoms with Gasteiger partial charge in [0.2, 0.25) is 5.91 Å². The molecule has 1 unspecified atom stereocenters. The summed E-state index contributed by atoms with van der Waals surface area (Å²) in [5.41, 5.74) is 1.02. The van der Waals surface area contributed by atoms with Crippen molar-refractivity contribution in [3.05, 3.63) is 35.9 Å². The Morgan fingerprint density at radius 1 is 1.35 bits per heavy atom. The van der Waals surface area contributed by atoms with Gasteiger partial charge in [0.25, 0.3) is 0 Å². The molecule has 0 radical (unpaired) electrons. The number of nitriles is 1. The Kier molecular flexibility index (Phi) is 5.76. The molecule has 1 amide bonds. The van der Waals surface area contributed by atoms with Crippen LogP contribution in [0.15, 0.2) is 30.3 Å². The molecule has 0 aromatic heterocycles. The number of nitrogens with one attached hydrogen (secondary N) is 2. The molecule has 0 aliphatic carbocycles. The molecule has 4 nitrogen and oxygen atoms in total. The zero-order chi connectivity index (χ0) is 12.5. The molecule has 1 aromatic carbocycles. The van der Waals surface area contributed by atoms with Gasteiger partial charge >= 0.3 is 0 Å². The zero-order valence-corrected chi connectivity index (χ0v) is 9.94. The van der Waals surface area contributed by atoms with Crippen LogP contribution in [0.2, 0.25) is 0 Å². The molecule has 0 heterocycles. The summed E-state index contributed by atoms with van der Waals surface area (Å²) in [6, 6.07) is 12.0. The predicted molar refractivity (Wildman–Crippen MR) is 66.3 cm³/mol. The number of hydrogen-bond acceptors (Lipinski definition) is 3. The maximum Gasteiger partial charge on any atom is 0.216 e. The van der Waals surface area contributed by atoms with Gasteiger partial charge in [0.05, 0.1) is 12.0 Å². The molecule has 1 aromatic rings. The third kappa shape index (κ3) is 5.14. The first-order valence-electron chi connectivity index (χ1n) is 5.63. The van der Waals surface area contributed by atoms with Crippen LogP contribution in [0.4, 0.5) is 0 Å². The number of benzene rings is 1. The minimum Gasteiger partial charge on any atom is -0.355 e. The molecular formula is C13H17N3O. The van der Waals surface area contributed by atoms with Crippen LogP contribution in [0.1, 0.15) is 18.4 Å². The van der Waals surface area contributed by atoms with Crippen LogP contribution in [-0.4, -0.2) is 25.5 Å². The lowest BCUT2D eigenvalue weighted by atomic mass is 10.0. The summed E-state index contributed by atoms with van der Waals surface area (Å²) >= 11 is 0. The Bertz CT molecular complexity index is 383. The summed E-state index contributed by atoms with van der Waals surface area (Å²) in [6.45, 7) is 3.34. The van der Waals surface area contributed by atoms with Crippen LogP contribution in [0.25, 0.3) is 0 Å². The van der Waals surface area contributed by atoms with E-state index in [0.29, 0.717) is 19.6 Å². The van der Waals surface area contributed by atoms with Crippen LogP contribution < -0.4 is 10.6 Å². The highest BCUT2D eigenvalue weighted by molar-refractivity contribution is 5.72. The summed E-state index contributed by atoms with van der Waals surface area (Å²) in [4.78, 5) is 10.6. The monoisotopic (exact) mass is 231 g/mol. The van der Waals surface area contributed by atoms with Crippen molar-refractivity contribution in [2.24, 2.45) is 0 Å². The molecule has 90 valence electrons. The second-order valence-electron chi connectivity index (χ2n) is 3.78. The normalized spacial score (nSPS) is 11.5. The minimum atomic E-state index is -0.145. The Hall–Kier alpha value is -1.86. The van der Waals surface area contributed by atoms with Crippen molar-refractivity contribution in [1.82, 2.24) is 10.6 Å². The van der Waals surface area contributed by atoms with Gasteiger partial charge in [0, 0.05) is 26.6 Å². The molecule has 1 atom stereocenters. The van der Waals surface area contributed by atoms with Gasteiger partial charge in [-0.05, 0) is 5.56 Å². The second kappa shape index (κ2) is 7.42. The van der Waals surface area contributed by atoms with E-state index in [-0.39, 0.29) is 11.8 Å². The fourth-order valence-electron chi connectivity index (χ4n) is 1.50. The van der Waals surface area contributed by atoms with Crippen molar-refractivity contribution in [3.63, 3.8) is 0 Å². The van der Waals surface area contributed by atoms with Crippen molar-refractivity contribution in [2.75, 3.05) is 19.6 Å². The molecule has 0 aliphatic heterocycles. The van der Waals surface area contributed by atoms with Crippen LogP contribution in [0.5, 0.6) is 0 Å². The summed E-state index contributed by atoms with van der Waals surface area (Å²) in [7, 11) is 0. The van der Waals surface area contributed by atoms with E-state index in [1.807, 2.05) is 30.3 Å². The summed E-state index contributed by atoms with van der Waals surface area (Å²) in [6.07, 6.45) is 0. The average Bonchev–Trinajstić information content (AvgIpc) is 2.34. The molecule has 1 rings (SSSR count). The van der Waals surface area contributed by atoms with E-state index in [1.54, 1.807) is 0 Å². The van der Waals surface area contributed by atoms with E-state index in [2.05, 4.69) is 16.7 Å². The standard InChI is InChI=1S/C13H17N3O/c1-11(17)16-8-7-15-10-13(9-14)12-5-3-2-4-6-12/h2-6,13,15H,7-8,10H2,1H3,(H,16,17). The van der Waals surface area contributed by atoms with Gasteiger partial charge in [-0.15, -0.1) is 0 Å². The van der Waals surface area contributed by atoms with Gasteiger partial charge in [-0.3, -0.25) is 4.79 Å². The summed E-state index contributed by atoms with van der Waals surface area (Å²) < 4.78 is 0. The lowest BCUT2D eigenvalue weighted by Crippen LogP contribution is -2.32. The number of carbonyl (C=O) groups excluding carboxylic acids is 1.